The van der Waals surface area contributed by atoms with Crippen molar-refractivity contribution in [1.82, 2.24) is 0 Å². The first-order valence-corrected chi connectivity index (χ1v) is 7.09. The van der Waals surface area contributed by atoms with Crippen LogP contribution >= 0.6 is 11.3 Å². The summed E-state index contributed by atoms with van der Waals surface area (Å²) in [6.45, 7) is 4.20. The molecule has 0 saturated heterocycles. The summed E-state index contributed by atoms with van der Waals surface area (Å²) in [4.78, 5) is 2.69. The second-order valence-corrected chi connectivity index (χ2v) is 5.73. The maximum Gasteiger partial charge on any atom is 0.150 e. The molecule has 2 nitrogen and oxygen atoms in total. The minimum Gasteiger partial charge on any atom is -0.359 e. The molecule has 0 aliphatic rings. The van der Waals surface area contributed by atoms with Gasteiger partial charge in [0.2, 0.25) is 0 Å². The van der Waals surface area contributed by atoms with Crippen molar-refractivity contribution in [1.29, 1.82) is 5.26 Å². The van der Waals surface area contributed by atoms with Gasteiger partial charge in [0.25, 0.3) is 0 Å². The van der Waals surface area contributed by atoms with Gasteiger partial charge >= 0.3 is 0 Å². The fraction of sp³-hybridized carbons (Fsp3) is 0.267. The first-order chi connectivity index (χ1) is 9.52. The number of anilines is 1. The first kappa shape index (κ1) is 14.5. The van der Waals surface area contributed by atoms with E-state index in [9.17, 15) is 8.78 Å². The Hall–Kier alpha value is -1.93. The summed E-state index contributed by atoms with van der Waals surface area (Å²) in [7, 11) is 0. The predicted octanol–water partition coefficient (Wildman–Crippen LogP) is 4.31. The van der Waals surface area contributed by atoms with Crippen LogP contribution in [0.25, 0.3) is 0 Å². The Morgan fingerprint density at radius 1 is 1.30 bits per heavy atom. The highest BCUT2D eigenvalue weighted by molar-refractivity contribution is 7.09. The van der Waals surface area contributed by atoms with Gasteiger partial charge in [-0.15, -0.1) is 11.3 Å². The highest BCUT2D eigenvalue weighted by Gasteiger charge is 2.21. The number of nitrogens with zero attached hydrogens (tertiary/aromatic N) is 2. The fourth-order valence-corrected chi connectivity index (χ4v) is 2.70. The maximum absolute atomic E-state index is 14.1. The molecule has 0 N–H and O–H groups in total. The lowest BCUT2D eigenvalue weighted by Gasteiger charge is -2.29. The number of hydrogen-bond acceptors (Lipinski definition) is 3. The minimum absolute atomic E-state index is 0.0106. The molecule has 0 aliphatic carbocycles. The molecule has 0 unspecified atom stereocenters. The number of nitriles is 1. The van der Waals surface area contributed by atoms with Gasteiger partial charge in [0.15, 0.2) is 11.6 Å². The number of thiophene rings is 1. The molecule has 0 atom stereocenters. The minimum atomic E-state index is -0.702. The maximum atomic E-state index is 14.1. The summed E-state index contributed by atoms with van der Waals surface area (Å²) >= 11 is 1.54. The van der Waals surface area contributed by atoms with E-state index in [4.69, 9.17) is 5.26 Å². The third-order valence-corrected chi connectivity index (χ3v) is 3.82. The van der Waals surface area contributed by atoms with Crippen LogP contribution in [0, 0.1) is 23.0 Å². The Bertz CT molecular complexity index is 607. The van der Waals surface area contributed by atoms with E-state index in [-0.39, 0.29) is 17.3 Å². The van der Waals surface area contributed by atoms with Crippen LogP contribution in [0.4, 0.5) is 14.5 Å². The fourth-order valence-electron chi connectivity index (χ4n) is 1.99. The van der Waals surface area contributed by atoms with E-state index < -0.39 is 11.6 Å². The number of halogens is 2. The Morgan fingerprint density at radius 2 is 1.95 bits per heavy atom. The first-order valence-electron chi connectivity index (χ1n) is 6.21. The molecule has 104 valence electrons. The average molecular weight is 292 g/mol. The van der Waals surface area contributed by atoms with Crippen LogP contribution in [0.5, 0.6) is 0 Å². The largest absolute Gasteiger partial charge is 0.359 e. The van der Waals surface area contributed by atoms with Crippen molar-refractivity contribution in [2.75, 3.05) is 4.90 Å². The second-order valence-electron chi connectivity index (χ2n) is 4.70. The van der Waals surface area contributed by atoms with Crippen molar-refractivity contribution in [2.24, 2.45) is 0 Å². The summed E-state index contributed by atoms with van der Waals surface area (Å²) < 4.78 is 28.2. The Balaban J connectivity index is 2.42. The zero-order valence-electron chi connectivity index (χ0n) is 11.2. The molecule has 1 aromatic heterocycles. The smallest absolute Gasteiger partial charge is 0.150 e. The molecular weight excluding hydrogens is 278 g/mol. The Kier molecular flexibility index (Phi) is 4.35. The summed E-state index contributed by atoms with van der Waals surface area (Å²) in [6, 6.07) is 7.67. The van der Waals surface area contributed by atoms with Crippen LogP contribution in [-0.4, -0.2) is 6.04 Å². The van der Waals surface area contributed by atoms with Gasteiger partial charge in [0, 0.05) is 10.9 Å². The van der Waals surface area contributed by atoms with Gasteiger partial charge in [0.1, 0.15) is 5.69 Å². The molecule has 0 bridgehead atoms. The molecule has 0 aliphatic heterocycles. The monoisotopic (exact) mass is 292 g/mol. The lowest BCUT2D eigenvalue weighted by molar-refractivity contribution is 0.554. The third kappa shape index (κ3) is 2.97. The van der Waals surface area contributed by atoms with E-state index in [2.05, 4.69) is 0 Å². The molecule has 2 aromatic rings. The molecule has 1 heterocycles. The van der Waals surface area contributed by atoms with E-state index in [0.29, 0.717) is 6.54 Å². The molecule has 1 aromatic carbocycles. The van der Waals surface area contributed by atoms with Crippen molar-refractivity contribution in [3.8, 4) is 6.07 Å². The predicted molar refractivity (Wildman–Crippen MR) is 76.7 cm³/mol. The second kappa shape index (κ2) is 6.02. The number of rotatable bonds is 4. The van der Waals surface area contributed by atoms with Gasteiger partial charge < -0.3 is 4.90 Å². The van der Waals surface area contributed by atoms with Crippen molar-refractivity contribution in [3.63, 3.8) is 0 Å². The molecule has 0 radical (unpaired) electrons. The SMILES string of the molecule is CC(C)N(Cc1cccs1)c1c(F)cc(C#N)cc1F. The standard InChI is InChI=1S/C15H14F2N2S/c1-10(2)19(9-12-4-3-5-20-12)15-13(16)6-11(8-18)7-14(15)17/h3-7,10H,9H2,1-2H3. The van der Waals surface area contributed by atoms with E-state index in [1.165, 1.54) is 0 Å². The van der Waals surface area contributed by atoms with Gasteiger partial charge in [-0.05, 0) is 37.4 Å². The van der Waals surface area contributed by atoms with Crippen molar-refractivity contribution >= 4 is 17.0 Å². The van der Waals surface area contributed by atoms with Crippen LogP contribution < -0.4 is 4.90 Å². The summed E-state index contributed by atoms with van der Waals surface area (Å²) in [6.07, 6.45) is 0. The Labute approximate surface area is 120 Å². The summed E-state index contributed by atoms with van der Waals surface area (Å²) in [5.74, 6) is -1.40. The quantitative estimate of drug-likeness (QED) is 0.839. The normalized spacial score (nSPS) is 10.6. The van der Waals surface area contributed by atoms with E-state index in [0.717, 1.165) is 17.0 Å². The van der Waals surface area contributed by atoms with Gasteiger partial charge in [-0.3, -0.25) is 0 Å². The highest BCUT2D eigenvalue weighted by atomic mass is 32.1. The molecule has 0 amide bonds. The number of benzene rings is 1. The van der Waals surface area contributed by atoms with Crippen molar-refractivity contribution in [2.45, 2.75) is 26.4 Å². The molecule has 2 rings (SSSR count). The van der Waals surface area contributed by atoms with Gasteiger partial charge in [-0.2, -0.15) is 5.26 Å². The lowest BCUT2D eigenvalue weighted by atomic mass is 10.1. The van der Waals surface area contributed by atoms with Gasteiger partial charge in [0.05, 0.1) is 18.2 Å². The van der Waals surface area contributed by atoms with Crippen LogP contribution in [0.15, 0.2) is 29.6 Å². The van der Waals surface area contributed by atoms with Gasteiger partial charge in [-0.25, -0.2) is 8.78 Å². The van der Waals surface area contributed by atoms with E-state index in [1.54, 1.807) is 22.3 Å². The molecule has 0 fully saturated rings. The lowest BCUT2D eigenvalue weighted by Crippen LogP contribution is -2.31. The van der Waals surface area contributed by atoms with Gasteiger partial charge in [-0.1, -0.05) is 6.07 Å². The number of hydrogen-bond donors (Lipinski definition) is 0. The summed E-state index contributed by atoms with van der Waals surface area (Å²) in [5.41, 5.74) is -0.0871. The van der Waals surface area contributed by atoms with Crippen LogP contribution in [0.1, 0.15) is 24.3 Å². The third-order valence-electron chi connectivity index (χ3n) is 2.96. The topological polar surface area (TPSA) is 27.0 Å². The molecule has 0 saturated carbocycles. The van der Waals surface area contributed by atoms with E-state index >= 15 is 0 Å². The highest BCUT2D eigenvalue weighted by Crippen LogP contribution is 2.29. The Morgan fingerprint density at radius 3 is 2.40 bits per heavy atom. The van der Waals surface area contributed by atoms with Crippen LogP contribution in [0.3, 0.4) is 0 Å². The molecule has 0 spiro atoms. The van der Waals surface area contributed by atoms with Crippen molar-refractivity contribution < 1.29 is 8.78 Å². The molecule has 5 heteroatoms. The summed E-state index contributed by atoms with van der Waals surface area (Å²) in [5, 5.41) is 10.7. The molecular formula is C15H14F2N2S. The van der Waals surface area contributed by atoms with Crippen LogP contribution in [-0.2, 0) is 6.54 Å². The average Bonchev–Trinajstić information content (AvgIpc) is 2.89. The zero-order chi connectivity index (χ0) is 14.7. The van der Waals surface area contributed by atoms with Crippen LogP contribution in [0.2, 0.25) is 0 Å². The van der Waals surface area contributed by atoms with E-state index in [1.807, 2.05) is 31.4 Å². The molecule has 20 heavy (non-hydrogen) atoms. The van der Waals surface area contributed by atoms with Crippen molar-refractivity contribution in [3.05, 3.63) is 51.7 Å². The zero-order valence-corrected chi connectivity index (χ0v) is 12.0.